The average Bonchev–Trinajstić information content (AvgIpc) is 3.19. The molecule has 11 heteroatoms. The summed E-state index contributed by atoms with van der Waals surface area (Å²) in [4.78, 5) is 53.9. The number of hydrogen-bond acceptors (Lipinski definition) is 7. The summed E-state index contributed by atoms with van der Waals surface area (Å²) in [6.07, 6.45) is 5.89. The number of likely N-dealkylation sites (tertiary alicyclic amines) is 2. The van der Waals surface area contributed by atoms with Crippen LogP contribution in [-0.4, -0.2) is 81.8 Å². The van der Waals surface area contributed by atoms with E-state index < -0.39 is 11.9 Å². The summed E-state index contributed by atoms with van der Waals surface area (Å²) in [6, 6.07) is 5.27. The normalized spacial score (nSPS) is 21.8. The topological polar surface area (TPSA) is 115 Å². The summed E-state index contributed by atoms with van der Waals surface area (Å²) in [7, 11) is 1.69. The molecule has 0 aliphatic carbocycles. The van der Waals surface area contributed by atoms with E-state index in [-0.39, 0.29) is 30.2 Å². The van der Waals surface area contributed by atoms with E-state index >= 15 is 0 Å². The lowest BCUT2D eigenvalue weighted by atomic mass is 9.99. The molecular weight excluding hydrogens is 502 g/mol. The number of imidazole rings is 1. The number of fused-ring (bicyclic) bond motifs is 1. The Balaban J connectivity index is 1.19. The van der Waals surface area contributed by atoms with Gasteiger partial charge in [0.2, 0.25) is 11.8 Å². The lowest BCUT2D eigenvalue weighted by Crippen LogP contribution is -2.50. The van der Waals surface area contributed by atoms with Crippen molar-refractivity contribution in [3.8, 4) is 5.75 Å². The van der Waals surface area contributed by atoms with Gasteiger partial charge in [0.1, 0.15) is 23.4 Å². The third-order valence-electron chi connectivity index (χ3n) is 8.32. The maximum Gasteiger partial charge on any atom is 0.409 e. The van der Waals surface area contributed by atoms with Gasteiger partial charge in [-0.25, -0.2) is 9.59 Å². The van der Waals surface area contributed by atoms with Crippen LogP contribution in [0.15, 0.2) is 23.0 Å². The zero-order valence-corrected chi connectivity index (χ0v) is 22.9. The molecule has 3 fully saturated rings. The van der Waals surface area contributed by atoms with Gasteiger partial charge in [0.15, 0.2) is 0 Å². The molecule has 0 saturated carbocycles. The molecule has 4 heterocycles. The molecule has 1 atom stereocenters. The molecule has 1 aromatic carbocycles. The SMILES string of the molecule is CCCCOC(=O)N1CCC(N2CCC(Oc3cccc4c3n(C)c(=O)n4C3CCC(=O)NC3=O)CC2)CC1. The number of hydrogen-bond donors (Lipinski definition) is 1. The minimum atomic E-state index is -0.720. The van der Waals surface area contributed by atoms with Crippen molar-refractivity contribution in [2.45, 2.75) is 76.5 Å². The predicted octanol–water partition coefficient (Wildman–Crippen LogP) is 2.56. The summed E-state index contributed by atoms with van der Waals surface area (Å²) >= 11 is 0. The van der Waals surface area contributed by atoms with Gasteiger partial charge in [-0.3, -0.25) is 28.9 Å². The van der Waals surface area contributed by atoms with Crippen LogP contribution in [0.4, 0.5) is 4.79 Å². The highest BCUT2D eigenvalue weighted by atomic mass is 16.6. The van der Waals surface area contributed by atoms with Crippen LogP contribution in [0.2, 0.25) is 0 Å². The minimum absolute atomic E-state index is 0.0227. The summed E-state index contributed by atoms with van der Waals surface area (Å²) in [6.45, 7) is 5.87. The molecule has 11 nitrogen and oxygen atoms in total. The molecule has 212 valence electrons. The van der Waals surface area contributed by atoms with Gasteiger partial charge < -0.3 is 14.4 Å². The van der Waals surface area contributed by atoms with Crippen LogP contribution in [0.1, 0.15) is 64.3 Å². The molecule has 1 aromatic heterocycles. The Morgan fingerprint density at radius 1 is 1.03 bits per heavy atom. The lowest BCUT2D eigenvalue weighted by Gasteiger charge is -2.41. The first-order valence-corrected chi connectivity index (χ1v) is 14.2. The van der Waals surface area contributed by atoms with Crippen molar-refractivity contribution in [2.24, 2.45) is 7.05 Å². The van der Waals surface area contributed by atoms with Crippen LogP contribution in [0, 0.1) is 0 Å². The van der Waals surface area contributed by atoms with Crippen LogP contribution in [0.3, 0.4) is 0 Å². The standard InChI is InChI=1S/C28H39N5O6/c1-3-4-18-38-28(37)32-14-10-19(11-15-32)31-16-12-20(13-17-31)39-23-7-5-6-21-25(23)30(2)27(36)33(21)22-8-9-24(34)29-26(22)35/h5-7,19-20,22H,3-4,8-18H2,1-2H3,(H,29,34,35). The molecular formula is C28H39N5O6. The second kappa shape index (κ2) is 11.8. The molecule has 3 amide bonds. The van der Waals surface area contributed by atoms with E-state index in [1.807, 2.05) is 23.1 Å². The molecule has 0 bridgehead atoms. The van der Waals surface area contributed by atoms with Gasteiger partial charge in [-0.05, 0) is 50.7 Å². The zero-order valence-electron chi connectivity index (χ0n) is 22.9. The van der Waals surface area contributed by atoms with Crippen molar-refractivity contribution in [3.63, 3.8) is 0 Å². The van der Waals surface area contributed by atoms with Crippen molar-refractivity contribution < 1.29 is 23.9 Å². The van der Waals surface area contributed by atoms with E-state index in [1.54, 1.807) is 7.05 Å². The fraction of sp³-hybridized carbons (Fsp3) is 0.643. The molecule has 3 aliphatic heterocycles. The largest absolute Gasteiger partial charge is 0.488 e. The Morgan fingerprint density at radius 3 is 2.46 bits per heavy atom. The molecule has 0 radical (unpaired) electrons. The van der Waals surface area contributed by atoms with Crippen LogP contribution < -0.4 is 15.7 Å². The van der Waals surface area contributed by atoms with Gasteiger partial charge in [-0.2, -0.15) is 0 Å². The highest BCUT2D eigenvalue weighted by Gasteiger charge is 2.33. The van der Waals surface area contributed by atoms with E-state index in [2.05, 4.69) is 17.1 Å². The summed E-state index contributed by atoms with van der Waals surface area (Å²) in [5.41, 5.74) is 0.991. The number of piperidine rings is 3. The van der Waals surface area contributed by atoms with Crippen LogP contribution in [0.25, 0.3) is 11.0 Å². The van der Waals surface area contributed by atoms with Crippen molar-refractivity contribution in [3.05, 3.63) is 28.7 Å². The van der Waals surface area contributed by atoms with E-state index in [4.69, 9.17) is 9.47 Å². The highest BCUT2D eigenvalue weighted by molar-refractivity contribution is 6.00. The Bertz CT molecular complexity index is 1270. The van der Waals surface area contributed by atoms with Gasteiger partial charge in [0.05, 0.1) is 12.1 Å². The van der Waals surface area contributed by atoms with E-state index in [9.17, 15) is 19.2 Å². The number of aromatic nitrogens is 2. The monoisotopic (exact) mass is 541 g/mol. The number of unbranched alkanes of at least 4 members (excludes halogenated alkanes) is 1. The fourth-order valence-electron chi connectivity index (χ4n) is 6.07. The van der Waals surface area contributed by atoms with E-state index in [0.717, 1.165) is 64.7 Å². The molecule has 3 aliphatic rings. The summed E-state index contributed by atoms with van der Waals surface area (Å²) < 4.78 is 14.8. The van der Waals surface area contributed by atoms with Crippen molar-refractivity contribution in [2.75, 3.05) is 32.8 Å². The molecule has 0 spiro atoms. The minimum Gasteiger partial charge on any atom is -0.488 e. The Labute approximate surface area is 228 Å². The first-order chi connectivity index (χ1) is 18.9. The lowest BCUT2D eigenvalue weighted by molar-refractivity contribution is -0.135. The molecule has 39 heavy (non-hydrogen) atoms. The number of benzene rings is 1. The number of imide groups is 1. The van der Waals surface area contributed by atoms with Gasteiger partial charge in [0, 0.05) is 45.7 Å². The number of aryl methyl sites for hydroxylation is 1. The van der Waals surface area contributed by atoms with Crippen molar-refractivity contribution in [1.29, 1.82) is 0 Å². The highest BCUT2D eigenvalue weighted by Crippen LogP contribution is 2.31. The third kappa shape index (κ3) is 5.68. The predicted molar refractivity (Wildman–Crippen MR) is 145 cm³/mol. The number of rotatable bonds is 7. The molecule has 2 aromatic rings. The molecule has 1 unspecified atom stereocenters. The number of nitrogens with zero attached hydrogens (tertiary/aromatic N) is 4. The van der Waals surface area contributed by atoms with Crippen LogP contribution >= 0.6 is 0 Å². The van der Waals surface area contributed by atoms with Gasteiger partial charge in [0.25, 0.3) is 0 Å². The van der Waals surface area contributed by atoms with Gasteiger partial charge in [-0.15, -0.1) is 0 Å². The summed E-state index contributed by atoms with van der Waals surface area (Å²) in [5, 5.41) is 2.35. The maximum atomic E-state index is 13.2. The number of carbonyl (C=O) groups is 3. The Kier molecular flexibility index (Phi) is 8.25. The number of ether oxygens (including phenoxy) is 2. The summed E-state index contributed by atoms with van der Waals surface area (Å²) in [5.74, 6) is -0.124. The van der Waals surface area contributed by atoms with Crippen molar-refractivity contribution in [1.82, 2.24) is 24.3 Å². The van der Waals surface area contributed by atoms with Crippen LogP contribution in [0.5, 0.6) is 5.75 Å². The average molecular weight is 542 g/mol. The van der Waals surface area contributed by atoms with Crippen molar-refractivity contribution >= 4 is 28.9 Å². The van der Waals surface area contributed by atoms with E-state index in [1.165, 1.54) is 9.13 Å². The third-order valence-corrected chi connectivity index (χ3v) is 8.32. The first-order valence-electron chi connectivity index (χ1n) is 14.2. The second-order valence-electron chi connectivity index (χ2n) is 10.8. The number of carbonyl (C=O) groups excluding carboxylic acids is 3. The second-order valence-corrected chi connectivity index (χ2v) is 10.8. The van der Waals surface area contributed by atoms with Gasteiger partial charge >= 0.3 is 11.8 Å². The Morgan fingerprint density at radius 2 is 1.77 bits per heavy atom. The maximum absolute atomic E-state index is 13.2. The molecule has 1 N–H and O–H groups in total. The molecule has 3 saturated heterocycles. The first kappa shape index (κ1) is 27.2. The smallest absolute Gasteiger partial charge is 0.409 e. The number of amides is 3. The van der Waals surface area contributed by atoms with E-state index in [0.29, 0.717) is 35.9 Å². The Hall–Kier alpha value is -3.34. The fourth-order valence-corrected chi connectivity index (χ4v) is 6.07. The molecule has 5 rings (SSSR count). The number of nitrogens with one attached hydrogen (secondary N) is 1. The quantitative estimate of drug-likeness (QED) is 0.423. The van der Waals surface area contributed by atoms with Crippen LogP contribution in [-0.2, 0) is 21.4 Å². The number of para-hydroxylation sites is 1. The van der Waals surface area contributed by atoms with Gasteiger partial charge in [-0.1, -0.05) is 19.4 Å². The zero-order chi connectivity index (χ0) is 27.5.